The van der Waals surface area contributed by atoms with Crippen LogP contribution in [0, 0.1) is 0 Å². The molecule has 0 spiro atoms. The van der Waals surface area contributed by atoms with Crippen LogP contribution in [-0.4, -0.2) is 30.2 Å². The zero-order valence-corrected chi connectivity index (χ0v) is 20.4. The fourth-order valence-corrected chi connectivity index (χ4v) is 3.34. The first-order valence-electron chi connectivity index (χ1n) is 11.3. The molecule has 35 heavy (non-hydrogen) atoms. The maximum absolute atomic E-state index is 13.4. The highest BCUT2D eigenvalue weighted by Crippen LogP contribution is 2.33. The van der Waals surface area contributed by atoms with Crippen molar-refractivity contribution in [3.8, 4) is 11.5 Å². The van der Waals surface area contributed by atoms with Gasteiger partial charge in [-0.3, -0.25) is 4.79 Å². The summed E-state index contributed by atoms with van der Waals surface area (Å²) in [5.74, 6) is -2.23. The highest BCUT2D eigenvalue weighted by molar-refractivity contribution is 6.00. The fourth-order valence-electron chi connectivity index (χ4n) is 3.34. The Bertz CT molecular complexity index is 1200. The van der Waals surface area contributed by atoms with Gasteiger partial charge in [-0.1, -0.05) is 12.1 Å². The monoisotopic (exact) mass is 484 g/mol. The van der Waals surface area contributed by atoms with Crippen molar-refractivity contribution in [2.24, 2.45) is 0 Å². The Morgan fingerprint density at radius 3 is 2.29 bits per heavy atom. The predicted molar refractivity (Wildman–Crippen MR) is 131 cm³/mol. The number of ether oxygens (including phenoxy) is 2. The molecule has 0 aliphatic heterocycles. The normalized spacial score (nSPS) is 12.7. The lowest BCUT2D eigenvalue weighted by Crippen LogP contribution is -2.43. The zero-order valence-electron chi connectivity index (χ0n) is 20.4. The second-order valence-electron chi connectivity index (χ2n) is 9.46. The first-order chi connectivity index (χ1) is 16.3. The van der Waals surface area contributed by atoms with E-state index in [0.29, 0.717) is 17.1 Å². The summed E-state index contributed by atoms with van der Waals surface area (Å²) in [5.41, 5.74) is -0.236. The Labute approximate surface area is 203 Å². The van der Waals surface area contributed by atoms with Gasteiger partial charge in [0.15, 0.2) is 0 Å². The van der Waals surface area contributed by atoms with Crippen molar-refractivity contribution in [3.05, 3.63) is 71.8 Å². The Morgan fingerprint density at radius 2 is 1.66 bits per heavy atom. The van der Waals surface area contributed by atoms with Gasteiger partial charge < -0.3 is 20.1 Å². The number of amides is 2. The molecule has 186 valence electrons. The molecule has 2 amide bonds. The molecule has 0 bridgehead atoms. The van der Waals surface area contributed by atoms with Crippen LogP contribution in [0.3, 0.4) is 0 Å². The van der Waals surface area contributed by atoms with E-state index in [2.05, 4.69) is 10.6 Å². The van der Waals surface area contributed by atoms with Crippen molar-refractivity contribution in [1.29, 1.82) is 0 Å². The molecule has 0 fully saturated rings. The van der Waals surface area contributed by atoms with Crippen LogP contribution in [0.15, 0.2) is 60.7 Å². The third-order valence-corrected chi connectivity index (χ3v) is 5.02. The molecule has 0 aliphatic carbocycles. The van der Waals surface area contributed by atoms with Gasteiger partial charge in [0, 0.05) is 36.0 Å². The fraction of sp³-hybridized carbons (Fsp3) is 0.333. The minimum absolute atomic E-state index is 0.0889. The molecular weight excluding hydrogens is 454 g/mol. The number of fused-ring (bicyclic) bond motifs is 1. The topological polar surface area (TPSA) is 76.7 Å². The van der Waals surface area contributed by atoms with E-state index in [1.54, 1.807) is 58.0 Å². The van der Waals surface area contributed by atoms with Gasteiger partial charge in [0.05, 0.1) is 0 Å². The molecule has 3 aromatic carbocycles. The summed E-state index contributed by atoms with van der Waals surface area (Å²) in [6.45, 7) is 8.17. The molecule has 6 nitrogen and oxygen atoms in total. The first kappa shape index (κ1) is 25.9. The molecule has 0 saturated heterocycles. The third-order valence-electron chi connectivity index (χ3n) is 5.02. The highest BCUT2D eigenvalue weighted by Gasteiger charge is 2.24. The van der Waals surface area contributed by atoms with Crippen LogP contribution in [-0.2, 0) is 10.7 Å². The molecule has 0 aromatic heterocycles. The summed E-state index contributed by atoms with van der Waals surface area (Å²) in [4.78, 5) is 24.5. The number of carbonyl (C=O) groups is 2. The second-order valence-corrected chi connectivity index (χ2v) is 9.46. The van der Waals surface area contributed by atoms with Crippen molar-refractivity contribution < 1.29 is 27.8 Å². The number of nitrogens with one attached hydrogen (secondary N) is 2. The van der Waals surface area contributed by atoms with Crippen molar-refractivity contribution in [2.75, 3.05) is 6.54 Å². The van der Waals surface area contributed by atoms with Gasteiger partial charge in [-0.05, 0) is 81.6 Å². The summed E-state index contributed by atoms with van der Waals surface area (Å²) in [5, 5.41) is 7.04. The maximum atomic E-state index is 13.4. The molecule has 8 heteroatoms. The number of alkyl carbamates (subject to hydrolysis) is 1. The minimum atomic E-state index is -2.92. The summed E-state index contributed by atoms with van der Waals surface area (Å²) in [7, 11) is 0. The van der Waals surface area contributed by atoms with E-state index >= 15 is 0 Å². The molecule has 3 aromatic rings. The Kier molecular flexibility index (Phi) is 7.63. The number of halogens is 2. The van der Waals surface area contributed by atoms with Crippen molar-refractivity contribution in [1.82, 2.24) is 10.6 Å². The number of rotatable bonds is 7. The quantitative estimate of drug-likeness (QED) is 0.408. The largest absolute Gasteiger partial charge is 0.457 e. The standard InChI is InChI=1S/C27H30F2N2O4/c1-17(16-30-25(33)35-26(2,3)4)31-24(32)19-9-14-22-18(15-19)7-6-8-23(22)34-21-12-10-20(11-13-21)27(5,28)29/h6-15,17H,16H2,1-5H3,(H,30,33)(H,31,32). The maximum Gasteiger partial charge on any atom is 0.407 e. The van der Waals surface area contributed by atoms with Gasteiger partial charge in [0.25, 0.3) is 11.8 Å². The molecule has 3 rings (SSSR count). The number of alkyl halides is 2. The van der Waals surface area contributed by atoms with Crippen LogP contribution < -0.4 is 15.4 Å². The van der Waals surface area contributed by atoms with Crippen LogP contribution in [0.5, 0.6) is 11.5 Å². The van der Waals surface area contributed by atoms with Gasteiger partial charge in [0.1, 0.15) is 17.1 Å². The lowest BCUT2D eigenvalue weighted by molar-refractivity contribution is 0.0174. The Balaban J connectivity index is 1.66. The van der Waals surface area contributed by atoms with Gasteiger partial charge in [-0.25, -0.2) is 13.6 Å². The Morgan fingerprint density at radius 1 is 0.971 bits per heavy atom. The highest BCUT2D eigenvalue weighted by atomic mass is 19.3. The van der Waals surface area contributed by atoms with E-state index in [-0.39, 0.29) is 24.1 Å². The smallest absolute Gasteiger partial charge is 0.407 e. The summed E-state index contributed by atoms with van der Waals surface area (Å²) < 4.78 is 38.0. The lowest BCUT2D eigenvalue weighted by atomic mass is 10.1. The second kappa shape index (κ2) is 10.3. The van der Waals surface area contributed by atoms with E-state index in [0.717, 1.165) is 17.7 Å². The zero-order chi connectivity index (χ0) is 25.8. The summed E-state index contributed by atoms with van der Waals surface area (Å²) >= 11 is 0. The van der Waals surface area contributed by atoms with E-state index in [9.17, 15) is 18.4 Å². The molecule has 0 saturated carbocycles. The molecule has 0 aliphatic rings. The van der Waals surface area contributed by atoms with E-state index in [4.69, 9.17) is 9.47 Å². The van der Waals surface area contributed by atoms with Gasteiger partial charge in [-0.2, -0.15) is 0 Å². The van der Waals surface area contributed by atoms with E-state index < -0.39 is 17.6 Å². The van der Waals surface area contributed by atoms with E-state index in [1.165, 1.54) is 24.3 Å². The first-order valence-corrected chi connectivity index (χ1v) is 11.3. The molecule has 0 radical (unpaired) electrons. The Hall–Kier alpha value is -3.68. The molecule has 2 N–H and O–H groups in total. The average molecular weight is 485 g/mol. The SMILES string of the molecule is CC(CNC(=O)OC(C)(C)C)NC(=O)c1ccc2c(Oc3ccc(C(C)(F)F)cc3)cccc2c1. The lowest BCUT2D eigenvalue weighted by Gasteiger charge is -2.21. The average Bonchev–Trinajstić information content (AvgIpc) is 2.76. The minimum Gasteiger partial charge on any atom is -0.457 e. The van der Waals surface area contributed by atoms with Crippen LogP contribution in [0.4, 0.5) is 13.6 Å². The third kappa shape index (κ3) is 7.40. The molecule has 1 unspecified atom stereocenters. The van der Waals surface area contributed by atoms with Gasteiger partial charge >= 0.3 is 6.09 Å². The van der Waals surface area contributed by atoms with Crippen LogP contribution in [0.25, 0.3) is 10.8 Å². The number of hydrogen-bond acceptors (Lipinski definition) is 4. The molecule has 1 atom stereocenters. The molecular formula is C27H30F2N2O4. The number of hydrogen-bond donors (Lipinski definition) is 2. The van der Waals surface area contributed by atoms with E-state index in [1.807, 2.05) is 6.07 Å². The number of benzene rings is 3. The van der Waals surface area contributed by atoms with Crippen molar-refractivity contribution in [2.45, 2.75) is 52.2 Å². The van der Waals surface area contributed by atoms with Crippen LogP contribution in [0.1, 0.15) is 50.5 Å². The van der Waals surface area contributed by atoms with Crippen LogP contribution >= 0.6 is 0 Å². The summed E-state index contributed by atoms with van der Waals surface area (Å²) in [6, 6.07) is 16.0. The van der Waals surface area contributed by atoms with Gasteiger partial charge in [-0.15, -0.1) is 0 Å². The van der Waals surface area contributed by atoms with Gasteiger partial charge in [0.2, 0.25) is 0 Å². The predicted octanol–water partition coefficient (Wildman–Crippen LogP) is 6.39. The number of carbonyl (C=O) groups excluding carboxylic acids is 2. The summed E-state index contributed by atoms with van der Waals surface area (Å²) in [6.07, 6.45) is -0.546. The van der Waals surface area contributed by atoms with Crippen molar-refractivity contribution >= 4 is 22.8 Å². The van der Waals surface area contributed by atoms with Crippen LogP contribution in [0.2, 0.25) is 0 Å². The van der Waals surface area contributed by atoms with Crippen molar-refractivity contribution in [3.63, 3.8) is 0 Å². The molecule has 0 heterocycles.